The van der Waals surface area contributed by atoms with Crippen LogP contribution in [0.15, 0.2) is 18.2 Å². The fraction of sp³-hybridized carbons (Fsp3) is 0.667. The number of phenolic OH excluding ortho intramolecular Hbond substituents is 1. The quantitative estimate of drug-likeness (QED) is 0.809. The van der Waals surface area contributed by atoms with Crippen molar-refractivity contribution in [2.24, 2.45) is 17.3 Å². The number of fused-ring (bicyclic) bond motifs is 5. The zero-order chi connectivity index (χ0) is 16.9. The molecule has 0 saturated heterocycles. The van der Waals surface area contributed by atoms with Gasteiger partial charge in [-0.3, -0.25) is 4.79 Å². The van der Waals surface area contributed by atoms with Crippen LogP contribution in [0.4, 0.5) is 0 Å². The molecular weight excluding hydrogens is 300 g/mol. The van der Waals surface area contributed by atoms with Gasteiger partial charge >= 0.3 is 5.97 Å². The summed E-state index contributed by atoms with van der Waals surface area (Å²) in [5.41, 5.74) is 2.95. The Morgan fingerprint density at radius 1 is 1.29 bits per heavy atom. The minimum absolute atomic E-state index is 0.0477. The van der Waals surface area contributed by atoms with Crippen LogP contribution < -0.4 is 0 Å². The van der Waals surface area contributed by atoms with Gasteiger partial charge in [0.05, 0.1) is 0 Å². The molecule has 0 aromatic heterocycles. The topological polar surface area (TPSA) is 46.5 Å². The first-order valence-electron chi connectivity index (χ1n) is 9.54. The first-order chi connectivity index (χ1) is 11.5. The maximum Gasteiger partial charge on any atom is 0.305 e. The van der Waals surface area contributed by atoms with E-state index in [1.165, 1.54) is 30.4 Å². The summed E-state index contributed by atoms with van der Waals surface area (Å²) in [5.74, 6) is 2.32. The minimum Gasteiger partial charge on any atom is -0.508 e. The number of hydrogen-bond donors (Lipinski definition) is 1. The second-order valence-electron chi connectivity index (χ2n) is 8.25. The third kappa shape index (κ3) is 2.35. The van der Waals surface area contributed by atoms with Crippen molar-refractivity contribution >= 4 is 5.97 Å². The molecule has 0 bridgehead atoms. The first kappa shape index (κ1) is 16.0. The molecule has 3 heteroatoms. The summed E-state index contributed by atoms with van der Waals surface area (Å²) < 4.78 is 5.83. The summed E-state index contributed by atoms with van der Waals surface area (Å²) in [6.07, 6.45) is 7.38. The van der Waals surface area contributed by atoms with E-state index in [-0.39, 0.29) is 17.5 Å². The van der Waals surface area contributed by atoms with Gasteiger partial charge in [-0.25, -0.2) is 0 Å². The molecule has 0 amide bonds. The van der Waals surface area contributed by atoms with Gasteiger partial charge in [-0.1, -0.05) is 19.9 Å². The van der Waals surface area contributed by atoms with Crippen LogP contribution in [-0.4, -0.2) is 17.2 Å². The van der Waals surface area contributed by atoms with Crippen LogP contribution in [-0.2, 0) is 16.0 Å². The van der Waals surface area contributed by atoms with E-state index >= 15 is 0 Å². The number of carbonyl (C=O) groups excluding carboxylic acids is 1. The second kappa shape index (κ2) is 5.79. The lowest BCUT2D eigenvalue weighted by molar-refractivity contribution is -0.157. The van der Waals surface area contributed by atoms with E-state index in [4.69, 9.17) is 4.74 Å². The SMILES string of the molecule is CCC(=O)O[C@@H]1CC[C@@H]2[C@H]3CCc4cc(O)ccc4[C@H]3CC[C@@]21C. The van der Waals surface area contributed by atoms with E-state index in [1.807, 2.05) is 19.1 Å². The monoisotopic (exact) mass is 328 g/mol. The maximum absolute atomic E-state index is 11.8. The number of aryl methyl sites for hydroxylation is 1. The lowest BCUT2D eigenvalue weighted by atomic mass is 9.55. The van der Waals surface area contributed by atoms with Crippen LogP contribution in [0.1, 0.15) is 69.4 Å². The third-order valence-electron chi connectivity index (χ3n) is 7.19. The van der Waals surface area contributed by atoms with Crippen LogP contribution in [0.5, 0.6) is 5.75 Å². The minimum atomic E-state index is -0.0477. The van der Waals surface area contributed by atoms with Gasteiger partial charge in [-0.15, -0.1) is 0 Å². The van der Waals surface area contributed by atoms with Crippen molar-refractivity contribution in [2.45, 2.75) is 70.8 Å². The van der Waals surface area contributed by atoms with Crippen molar-refractivity contribution in [1.29, 1.82) is 0 Å². The number of phenols is 1. The Balaban J connectivity index is 1.60. The molecule has 0 unspecified atom stereocenters. The maximum atomic E-state index is 11.8. The summed E-state index contributed by atoms with van der Waals surface area (Å²) in [4.78, 5) is 11.8. The van der Waals surface area contributed by atoms with Gasteiger partial charge in [-0.05, 0) is 79.5 Å². The summed E-state index contributed by atoms with van der Waals surface area (Å²) in [6, 6.07) is 5.95. The average molecular weight is 328 g/mol. The predicted molar refractivity (Wildman–Crippen MR) is 92.9 cm³/mol. The van der Waals surface area contributed by atoms with E-state index in [0.717, 1.165) is 19.3 Å². The van der Waals surface area contributed by atoms with Crippen LogP contribution in [0.2, 0.25) is 0 Å². The van der Waals surface area contributed by atoms with Gasteiger partial charge < -0.3 is 9.84 Å². The highest BCUT2D eigenvalue weighted by Crippen LogP contribution is 2.61. The Labute approximate surface area is 144 Å². The number of ether oxygens (including phenoxy) is 1. The van der Waals surface area contributed by atoms with E-state index in [1.54, 1.807) is 0 Å². The van der Waals surface area contributed by atoms with Crippen molar-refractivity contribution in [2.75, 3.05) is 0 Å². The molecule has 1 N–H and O–H groups in total. The molecule has 4 rings (SSSR count). The number of carbonyl (C=O) groups is 1. The van der Waals surface area contributed by atoms with E-state index in [2.05, 4.69) is 13.0 Å². The Morgan fingerprint density at radius 3 is 2.92 bits per heavy atom. The highest BCUT2D eigenvalue weighted by Gasteiger charge is 2.56. The zero-order valence-corrected chi connectivity index (χ0v) is 14.8. The molecule has 2 saturated carbocycles. The smallest absolute Gasteiger partial charge is 0.305 e. The summed E-state index contributed by atoms with van der Waals surface area (Å²) >= 11 is 0. The molecule has 0 spiro atoms. The van der Waals surface area contributed by atoms with Crippen molar-refractivity contribution in [3.63, 3.8) is 0 Å². The zero-order valence-electron chi connectivity index (χ0n) is 14.8. The molecule has 0 radical (unpaired) electrons. The van der Waals surface area contributed by atoms with Gasteiger partial charge in [-0.2, -0.15) is 0 Å². The standard InChI is InChI=1S/C21H28O3/c1-3-20(23)24-19-9-8-18-17-6-4-13-12-14(22)5-7-15(13)16(17)10-11-21(18,19)2/h5,7,12,16-19,22H,3-4,6,8-11H2,1-2H3/t16-,17+,18-,19-,21+/m1/s1. The molecule has 3 nitrogen and oxygen atoms in total. The number of hydrogen-bond acceptors (Lipinski definition) is 3. The molecule has 1 aromatic carbocycles. The molecule has 130 valence electrons. The predicted octanol–water partition coefficient (Wildman–Crippen LogP) is 4.57. The summed E-state index contributed by atoms with van der Waals surface area (Å²) in [7, 11) is 0. The van der Waals surface area contributed by atoms with Crippen molar-refractivity contribution in [3.8, 4) is 5.75 Å². The molecule has 5 atom stereocenters. The van der Waals surface area contributed by atoms with Crippen molar-refractivity contribution in [3.05, 3.63) is 29.3 Å². The van der Waals surface area contributed by atoms with Crippen LogP contribution in [0.25, 0.3) is 0 Å². The van der Waals surface area contributed by atoms with E-state index in [0.29, 0.717) is 29.9 Å². The molecular formula is C21H28O3. The van der Waals surface area contributed by atoms with E-state index in [9.17, 15) is 9.90 Å². The first-order valence-corrected chi connectivity index (χ1v) is 9.54. The van der Waals surface area contributed by atoms with E-state index < -0.39 is 0 Å². The molecule has 0 aliphatic heterocycles. The van der Waals surface area contributed by atoms with Gasteiger partial charge in [0.2, 0.25) is 0 Å². The Morgan fingerprint density at radius 2 is 2.12 bits per heavy atom. The number of benzene rings is 1. The molecule has 1 aromatic rings. The van der Waals surface area contributed by atoms with Crippen molar-refractivity contribution < 1.29 is 14.6 Å². The molecule has 3 aliphatic carbocycles. The molecule has 2 fully saturated rings. The molecule has 24 heavy (non-hydrogen) atoms. The van der Waals surface area contributed by atoms with Gasteiger partial charge in [0.15, 0.2) is 0 Å². The molecule has 3 aliphatic rings. The van der Waals surface area contributed by atoms with Crippen LogP contribution >= 0.6 is 0 Å². The van der Waals surface area contributed by atoms with Crippen LogP contribution in [0, 0.1) is 17.3 Å². The molecule has 0 heterocycles. The average Bonchev–Trinajstić information content (AvgIpc) is 2.90. The van der Waals surface area contributed by atoms with Gasteiger partial charge in [0.25, 0.3) is 0 Å². The summed E-state index contributed by atoms with van der Waals surface area (Å²) in [5, 5.41) is 9.77. The number of aromatic hydroxyl groups is 1. The third-order valence-corrected chi connectivity index (χ3v) is 7.19. The Kier molecular flexibility index (Phi) is 3.85. The second-order valence-corrected chi connectivity index (χ2v) is 8.25. The van der Waals surface area contributed by atoms with Crippen molar-refractivity contribution in [1.82, 2.24) is 0 Å². The Hall–Kier alpha value is -1.51. The Bertz CT molecular complexity index is 652. The summed E-state index contributed by atoms with van der Waals surface area (Å²) in [6.45, 7) is 4.24. The number of esters is 1. The fourth-order valence-corrected chi connectivity index (χ4v) is 5.96. The lowest BCUT2D eigenvalue weighted by Crippen LogP contribution is -2.45. The largest absolute Gasteiger partial charge is 0.508 e. The van der Waals surface area contributed by atoms with Gasteiger partial charge in [0, 0.05) is 11.8 Å². The highest BCUT2D eigenvalue weighted by molar-refractivity contribution is 5.69. The number of rotatable bonds is 2. The lowest BCUT2D eigenvalue weighted by Gasteiger charge is -2.50. The highest BCUT2D eigenvalue weighted by atomic mass is 16.5. The van der Waals surface area contributed by atoms with Gasteiger partial charge in [0.1, 0.15) is 11.9 Å². The van der Waals surface area contributed by atoms with Crippen LogP contribution in [0.3, 0.4) is 0 Å². The normalized spacial score (nSPS) is 37.2. The fourth-order valence-electron chi connectivity index (χ4n) is 5.96.